The molecule has 0 aliphatic heterocycles. The molecule has 2 aromatic rings. The molecule has 116 valence electrons. The van der Waals surface area contributed by atoms with E-state index in [2.05, 4.69) is 29.5 Å². The normalized spacial score (nSPS) is 10.5. The number of hydrogen-bond acceptors (Lipinski definition) is 4. The molecule has 1 aromatic carbocycles. The number of aromatic nitrogens is 1. The Morgan fingerprint density at radius 3 is 2.50 bits per heavy atom. The van der Waals surface area contributed by atoms with Gasteiger partial charge in [0.25, 0.3) is 0 Å². The van der Waals surface area contributed by atoms with E-state index in [0.717, 1.165) is 10.4 Å². The molecule has 1 aromatic heterocycles. The van der Waals surface area contributed by atoms with E-state index in [-0.39, 0.29) is 11.6 Å². The Balaban J connectivity index is 1.85. The first-order valence-corrected chi connectivity index (χ1v) is 7.60. The van der Waals surface area contributed by atoms with Crippen molar-refractivity contribution in [3.05, 3.63) is 46.5 Å². The van der Waals surface area contributed by atoms with E-state index in [1.165, 1.54) is 23.5 Å². The lowest BCUT2D eigenvalue weighted by Gasteiger charge is -2.06. The molecule has 0 saturated carbocycles. The molecule has 2 amide bonds. The van der Waals surface area contributed by atoms with Crippen molar-refractivity contribution in [1.82, 2.24) is 10.3 Å². The highest BCUT2D eigenvalue weighted by Crippen LogP contribution is 2.24. The van der Waals surface area contributed by atoms with Gasteiger partial charge >= 0.3 is 12.0 Å². The van der Waals surface area contributed by atoms with Crippen molar-refractivity contribution in [2.45, 2.75) is 26.3 Å². The number of rotatable bonds is 5. The van der Waals surface area contributed by atoms with Gasteiger partial charge in [-0.15, -0.1) is 11.3 Å². The SMILES string of the molecule is CC(C)c1cnc(NC(=O)NCc2ccc(C(=O)O)cc2)s1. The smallest absolute Gasteiger partial charge is 0.335 e. The lowest BCUT2D eigenvalue weighted by atomic mass is 10.1. The molecular formula is C15H17N3O3S. The average Bonchev–Trinajstić information content (AvgIpc) is 2.94. The summed E-state index contributed by atoms with van der Waals surface area (Å²) in [6, 6.07) is 6.01. The van der Waals surface area contributed by atoms with Crippen molar-refractivity contribution >= 4 is 28.5 Å². The standard InChI is InChI=1S/C15H17N3O3S/c1-9(2)12-8-17-15(22-12)18-14(21)16-7-10-3-5-11(6-4-10)13(19)20/h3-6,8-9H,7H2,1-2H3,(H,19,20)(H2,16,17,18,21). The Bertz CT molecular complexity index is 665. The number of carbonyl (C=O) groups excluding carboxylic acids is 1. The summed E-state index contributed by atoms with van der Waals surface area (Å²) < 4.78 is 0. The topological polar surface area (TPSA) is 91.3 Å². The lowest BCUT2D eigenvalue weighted by Crippen LogP contribution is -2.28. The molecule has 0 aliphatic carbocycles. The zero-order valence-electron chi connectivity index (χ0n) is 12.3. The quantitative estimate of drug-likeness (QED) is 0.788. The first kappa shape index (κ1) is 16.0. The summed E-state index contributed by atoms with van der Waals surface area (Å²) in [5, 5.41) is 14.8. The van der Waals surface area contributed by atoms with Gasteiger partial charge in [-0.25, -0.2) is 14.6 Å². The van der Waals surface area contributed by atoms with E-state index in [0.29, 0.717) is 17.6 Å². The Labute approximate surface area is 132 Å². The number of nitrogens with one attached hydrogen (secondary N) is 2. The van der Waals surface area contributed by atoms with Crippen molar-refractivity contribution in [3.63, 3.8) is 0 Å². The molecular weight excluding hydrogens is 302 g/mol. The van der Waals surface area contributed by atoms with E-state index in [9.17, 15) is 9.59 Å². The highest BCUT2D eigenvalue weighted by atomic mass is 32.1. The van der Waals surface area contributed by atoms with E-state index in [1.807, 2.05) is 0 Å². The second kappa shape index (κ2) is 7.04. The van der Waals surface area contributed by atoms with Crippen LogP contribution in [0.2, 0.25) is 0 Å². The first-order valence-electron chi connectivity index (χ1n) is 6.78. The van der Waals surface area contributed by atoms with Gasteiger partial charge in [0.15, 0.2) is 5.13 Å². The van der Waals surface area contributed by atoms with Crippen LogP contribution in [0.4, 0.5) is 9.93 Å². The minimum Gasteiger partial charge on any atom is -0.478 e. The summed E-state index contributed by atoms with van der Waals surface area (Å²) in [6.07, 6.45) is 1.76. The van der Waals surface area contributed by atoms with Crippen LogP contribution < -0.4 is 10.6 Å². The highest BCUT2D eigenvalue weighted by molar-refractivity contribution is 7.15. The Hall–Kier alpha value is -2.41. The fourth-order valence-corrected chi connectivity index (χ4v) is 2.51. The van der Waals surface area contributed by atoms with Crippen molar-refractivity contribution in [1.29, 1.82) is 0 Å². The van der Waals surface area contributed by atoms with Gasteiger partial charge in [0.1, 0.15) is 0 Å². The fraction of sp³-hybridized carbons (Fsp3) is 0.267. The maximum absolute atomic E-state index is 11.8. The largest absolute Gasteiger partial charge is 0.478 e. The van der Waals surface area contributed by atoms with Gasteiger partial charge in [-0.05, 0) is 23.6 Å². The molecule has 0 radical (unpaired) electrons. The van der Waals surface area contributed by atoms with Crippen LogP contribution in [0.3, 0.4) is 0 Å². The molecule has 0 spiro atoms. The second-order valence-electron chi connectivity index (χ2n) is 5.03. The number of nitrogens with zero attached hydrogens (tertiary/aromatic N) is 1. The maximum atomic E-state index is 11.8. The molecule has 0 unspecified atom stereocenters. The van der Waals surface area contributed by atoms with Gasteiger partial charge in [0.2, 0.25) is 0 Å². The monoisotopic (exact) mass is 319 g/mol. The highest BCUT2D eigenvalue weighted by Gasteiger charge is 2.08. The number of hydrogen-bond donors (Lipinski definition) is 3. The number of carbonyl (C=O) groups is 2. The Morgan fingerprint density at radius 1 is 1.27 bits per heavy atom. The minimum absolute atomic E-state index is 0.220. The number of carboxylic acids is 1. The summed E-state index contributed by atoms with van der Waals surface area (Å²) in [5.74, 6) is -0.592. The summed E-state index contributed by atoms with van der Waals surface area (Å²) in [4.78, 5) is 27.8. The predicted octanol–water partition coefficient (Wildman–Crippen LogP) is 3.29. The van der Waals surface area contributed by atoms with E-state index >= 15 is 0 Å². The van der Waals surface area contributed by atoms with Gasteiger partial charge in [-0.1, -0.05) is 26.0 Å². The van der Waals surface area contributed by atoms with Gasteiger partial charge in [-0.2, -0.15) is 0 Å². The van der Waals surface area contributed by atoms with Crippen LogP contribution in [-0.2, 0) is 6.54 Å². The number of amides is 2. The number of anilines is 1. The van der Waals surface area contributed by atoms with Gasteiger partial charge < -0.3 is 10.4 Å². The number of thiazole rings is 1. The number of benzene rings is 1. The lowest BCUT2D eigenvalue weighted by molar-refractivity contribution is 0.0697. The Kier molecular flexibility index (Phi) is 5.11. The van der Waals surface area contributed by atoms with Crippen LogP contribution >= 0.6 is 11.3 Å². The van der Waals surface area contributed by atoms with Crippen molar-refractivity contribution < 1.29 is 14.7 Å². The van der Waals surface area contributed by atoms with E-state index in [4.69, 9.17) is 5.11 Å². The molecule has 2 rings (SSSR count). The van der Waals surface area contributed by atoms with Crippen LogP contribution in [0.25, 0.3) is 0 Å². The molecule has 0 atom stereocenters. The van der Waals surface area contributed by atoms with Crippen molar-refractivity contribution in [2.24, 2.45) is 0 Å². The maximum Gasteiger partial charge on any atom is 0.335 e. The minimum atomic E-state index is -0.970. The third kappa shape index (κ3) is 4.29. The molecule has 1 heterocycles. The van der Waals surface area contributed by atoms with Crippen LogP contribution in [0, 0.1) is 0 Å². The second-order valence-corrected chi connectivity index (χ2v) is 6.09. The Morgan fingerprint density at radius 2 is 1.95 bits per heavy atom. The molecule has 0 bridgehead atoms. The molecule has 0 fully saturated rings. The molecule has 6 nitrogen and oxygen atoms in total. The third-order valence-electron chi connectivity index (χ3n) is 2.97. The van der Waals surface area contributed by atoms with Gasteiger partial charge in [-0.3, -0.25) is 5.32 Å². The van der Waals surface area contributed by atoms with E-state index < -0.39 is 5.97 Å². The van der Waals surface area contributed by atoms with Crippen molar-refractivity contribution in [3.8, 4) is 0 Å². The van der Waals surface area contributed by atoms with E-state index in [1.54, 1.807) is 18.3 Å². The number of aromatic carboxylic acids is 1. The zero-order chi connectivity index (χ0) is 16.1. The van der Waals surface area contributed by atoms with Gasteiger partial charge in [0.05, 0.1) is 5.56 Å². The average molecular weight is 319 g/mol. The molecule has 7 heteroatoms. The molecule has 3 N–H and O–H groups in total. The van der Waals surface area contributed by atoms with Gasteiger partial charge in [0, 0.05) is 17.6 Å². The van der Waals surface area contributed by atoms with Crippen LogP contribution in [0.1, 0.15) is 40.6 Å². The molecule has 0 aliphatic rings. The number of urea groups is 1. The first-order chi connectivity index (χ1) is 10.5. The summed E-state index contributed by atoms with van der Waals surface area (Å²) in [7, 11) is 0. The molecule has 0 saturated heterocycles. The third-order valence-corrected chi connectivity index (χ3v) is 4.18. The number of carboxylic acid groups (broad SMARTS) is 1. The fourth-order valence-electron chi connectivity index (χ4n) is 1.70. The molecule has 22 heavy (non-hydrogen) atoms. The zero-order valence-corrected chi connectivity index (χ0v) is 13.1. The van der Waals surface area contributed by atoms with Crippen LogP contribution in [-0.4, -0.2) is 22.1 Å². The summed E-state index contributed by atoms with van der Waals surface area (Å²) >= 11 is 1.45. The van der Waals surface area contributed by atoms with Crippen LogP contribution in [0.5, 0.6) is 0 Å². The van der Waals surface area contributed by atoms with Crippen molar-refractivity contribution in [2.75, 3.05) is 5.32 Å². The summed E-state index contributed by atoms with van der Waals surface area (Å²) in [6.45, 7) is 4.45. The predicted molar refractivity (Wildman–Crippen MR) is 85.5 cm³/mol. The van der Waals surface area contributed by atoms with Crippen LogP contribution in [0.15, 0.2) is 30.5 Å². The summed E-state index contributed by atoms with van der Waals surface area (Å²) in [5.41, 5.74) is 1.04.